The van der Waals surface area contributed by atoms with Gasteiger partial charge >= 0.3 is 29.8 Å². The van der Waals surface area contributed by atoms with Crippen molar-refractivity contribution in [2.24, 2.45) is 0 Å². The van der Waals surface area contributed by atoms with Crippen molar-refractivity contribution in [3.05, 3.63) is 109 Å². The van der Waals surface area contributed by atoms with Crippen molar-refractivity contribution < 1.29 is 47.7 Å². The Morgan fingerprint density at radius 2 is 0.744 bits per heavy atom. The van der Waals surface area contributed by atoms with Gasteiger partial charge in [-0.15, -0.1) is 11.3 Å². The standard InChI is InChI=1S/C59H72N6O10S3/c1-13-49-34(7)35(8)52(76-49)40-25-43(60-46(28-40)55(68)71-16-4)31-63-19-21-64(32-44-26-41(29-47(61-44)56(69)72-17-5)53-36(9)38(11)58(77-53)74-50(66)14-2)23-24-65(22-20-63)33-45-27-42(30-48(62-45)57(70)73-18-6)54-37(10)39(12)59(78-54)75-51(67)15-3/h25-30H,13-24,31-33H2,1-12H3. The second kappa shape index (κ2) is 27.1. The third-order valence-electron chi connectivity index (χ3n) is 13.9. The molecule has 0 aromatic carbocycles. The highest BCUT2D eigenvalue weighted by Crippen LogP contribution is 2.43. The molecule has 0 saturated carbocycles. The van der Waals surface area contributed by atoms with E-state index in [0.29, 0.717) is 80.4 Å². The van der Waals surface area contributed by atoms with Crippen molar-refractivity contribution in [3.8, 4) is 41.4 Å². The second-order valence-electron chi connectivity index (χ2n) is 19.2. The van der Waals surface area contributed by atoms with Crippen molar-refractivity contribution >= 4 is 63.9 Å². The van der Waals surface area contributed by atoms with Gasteiger partial charge in [-0.3, -0.25) is 24.3 Å². The lowest BCUT2D eigenvalue weighted by atomic mass is 10.0. The van der Waals surface area contributed by atoms with E-state index in [2.05, 4.69) is 41.5 Å². The van der Waals surface area contributed by atoms with E-state index in [1.807, 2.05) is 45.9 Å². The quantitative estimate of drug-likeness (QED) is 0.0520. The van der Waals surface area contributed by atoms with Crippen LogP contribution in [-0.2, 0) is 49.9 Å². The largest absolute Gasteiger partial charge is 0.461 e. The van der Waals surface area contributed by atoms with Gasteiger partial charge in [0.1, 0.15) is 17.1 Å². The number of pyridine rings is 3. The molecule has 16 nitrogen and oxygen atoms in total. The number of hydrogen-bond donors (Lipinski definition) is 0. The summed E-state index contributed by atoms with van der Waals surface area (Å²) in [5.74, 6) is -2.21. The van der Waals surface area contributed by atoms with E-state index < -0.39 is 17.9 Å². The molecule has 1 aliphatic heterocycles. The normalized spacial score (nSPS) is 13.6. The minimum Gasteiger partial charge on any atom is -0.461 e. The van der Waals surface area contributed by atoms with Gasteiger partial charge in [-0.25, -0.2) is 29.3 Å². The van der Waals surface area contributed by atoms with Crippen molar-refractivity contribution in [1.29, 1.82) is 0 Å². The molecule has 6 aromatic rings. The maximum atomic E-state index is 13.5. The van der Waals surface area contributed by atoms with Crippen LogP contribution in [0.1, 0.15) is 141 Å². The Morgan fingerprint density at radius 3 is 1.03 bits per heavy atom. The first-order valence-electron chi connectivity index (χ1n) is 26.8. The predicted octanol–water partition coefficient (Wildman–Crippen LogP) is 11.5. The second-order valence-corrected chi connectivity index (χ2v) is 22.3. The fourth-order valence-electron chi connectivity index (χ4n) is 9.18. The van der Waals surface area contributed by atoms with Crippen molar-refractivity contribution in [3.63, 3.8) is 0 Å². The molecule has 1 saturated heterocycles. The molecule has 0 bridgehead atoms. The Bertz CT molecular complexity index is 3030. The van der Waals surface area contributed by atoms with Crippen LogP contribution >= 0.6 is 34.0 Å². The number of aromatic nitrogens is 3. The molecule has 0 N–H and O–H groups in total. The van der Waals surface area contributed by atoms with Crippen LogP contribution in [0.15, 0.2) is 36.4 Å². The first kappa shape index (κ1) is 59.4. The number of carbonyl (C=O) groups is 5. The van der Waals surface area contributed by atoms with Gasteiger partial charge in [0.15, 0.2) is 10.1 Å². The van der Waals surface area contributed by atoms with Crippen molar-refractivity contribution in [2.45, 2.75) is 122 Å². The molecule has 6 aromatic heterocycles. The maximum absolute atomic E-state index is 13.5. The molecule has 1 aliphatic rings. The van der Waals surface area contributed by atoms with Crippen LogP contribution in [0.5, 0.6) is 10.1 Å². The number of rotatable bonds is 20. The Labute approximate surface area is 470 Å². The molecule has 416 valence electrons. The lowest BCUT2D eigenvalue weighted by Crippen LogP contribution is -2.36. The van der Waals surface area contributed by atoms with Crippen LogP contribution in [0.3, 0.4) is 0 Å². The number of ether oxygens (including phenoxy) is 5. The summed E-state index contributed by atoms with van der Waals surface area (Å²) in [4.78, 5) is 91.2. The predicted molar refractivity (Wildman–Crippen MR) is 306 cm³/mol. The minimum atomic E-state index is -0.537. The number of nitrogens with zero attached hydrogens (tertiary/aromatic N) is 6. The van der Waals surface area contributed by atoms with Gasteiger partial charge in [-0.05, 0) is 144 Å². The first-order valence-corrected chi connectivity index (χ1v) is 29.3. The average Bonchev–Trinajstić information content (AvgIpc) is 4.11. The Kier molecular flexibility index (Phi) is 20.6. The molecular formula is C59H72N6O10S3. The van der Waals surface area contributed by atoms with Gasteiger partial charge in [-0.2, -0.15) is 0 Å². The van der Waals surface area contributed by atoms with Gasteiger partial charge in [0.05, 0.1) is 36.9 Å². The van der Waals surface area contributed by atoms with Crippen LogP contribution < -0.4 is 9.47 Å². The van der Waals surface area contributed by atoms with Crippen molar-refractivity contribution in [2.75, 3.05) is 59.1 Å². The molecule has 1 fully saturated rings. The highest BCUT2D eigenvalue weighted by atomic mass is 32.1. The van der Waals surface area contributed by atoms with E-state index in [-0.39, 0.29) is 61.7 Å². The third-order valence-corrected chi connectivity index (χ3v) is 18.1. The molecule has 0 radical (unpaired) electrons. The van der Waals surface area contributed by atoms with Gasteiger partial charge in [0.2, 0.25) is 0 Å². The van der Waals surface area contributed by atoms with Gasteiger partial charge < -0.3 is 23.7 Å². The number of aryl methyl sites for hydroxylation is 1. The summed E-state index contributed by atoms with van der Waals surface area (Å²) >= 11 is 4.47. The summed E-state index contributed by atoms with van der Waals surface area (Å²) in [5, 5.41) is 1.03. The van der Waals surface area contributed by atoms with Gasteiger partial charge in [-0.1, -0.05) is 43.4 Å². The third kappa shape index (κ3) is 14.3. The zero-order chi connectivity index (χ0) is 56.4. The number of hydrogen-bond acceptors (Lipinski definition) is 19. The molecule has 19 heteroatoms. The fourth-order valence-corrected chi connectivity index (χ4v) is 12.8. The molecular weight excluding hydrogens is 1050 g/mol. The molecule has 78 heavy (non-hydrogen) atoms. The summed E-state index contributed by atoms with van der Waals surface area (Å²) in [6.45, 7) is 28.5. The summed E-state index contributed by atoms with van der Waals surface area (Å²) in [5.41, 5.74) is 11.1. The smallest absolute Gasteiger partial charge is 0.356 e. The molecule has 0 unspecified atom stereocenters. The van der Waals surface area contributed by atoms with E-state index in [9.17, 15) is 24.0 Å². The summed E-state index contributed by atoms with van der Waals surface area (Å²) in [6, 6.07) is 11.4. The molecule has 7 rings (SSSR count). The zero-order valence-corrected chi connectivity index (χ0v) is 49.5. The average molecular weight is 1120 g/mol. The van der Waals surface area contributed by atoms with E-state index in [0.717, 1.165) is 65.7 Å². The Balaban J connectivity index is 1.28. The number of esters is 5. The summed E-state index contributed by atoms with van der Waals surface area (Å²) in [6.07, 6.45) is 1.38. The van der Waals surface area contributed by atoms with Crippen LogP contribution in [0.2, 0.25) is 0 Å². The van der Waals surface area contributed by atoms with Gasteiger partial charge in [0, 0.05) is 102 Å². The summed E-state index contributed by atoms with van der Waals surface area (Å²) < 4.78 is 28.0. The molecule has 0 atom stereocenters. The van der Waals surface area contributed by atoms with Crippen LogP contribution in [0.25, 0.3) is 31.3 Å². The highest BCUT2D eigenvalue weighted by Gasteiger charge is 2.26. The minimum absolute atomic E-state index is 0.176. The maximum Gasteiger partial charge on any atom is 0.356 e. The highest BCUT2D eigenvalue weighted by molar-refractivity contribution is 7.18. The molecule has 0 amide bonds. The van der Waals surface area contributed by atoms with E-state index in [4.69, 9.17) is 38.6 Å². The lowest BCUT2D eigenvalue weighted by molar-refractivity contribution is -0.134. The van der Waals surface area contributed by atoms with Gasteiger partial charge in [0.25, 0.3) is 0 Å². The Hall–Kier alpha value is -6.22. The van der Waals surface area contributed by atoms with Crippen molar-refractivity contribution in [1.82, 2.24) is 29.7 Å². The Morgan fingerprint density at radius 1 is 0.436 bits per heavy atom. The van der Waals surface area contributed by atoms with Crippen LogP contribution in [0.4, 0.5) is 0 Å². The molecule has 7 heterocycles. The van der Waals surface area contributed by atoms with E-state index >= 15 is 0 Å². The van der Waals surface area contributed by atoms with Crippen LogP contribution in [0, 0.1) is 41.5 Å². The number of thiophene rings is 3. The van der Waals surface area contributed by atoms with E-state index in [1.165, 1.54) is 38.7 Å². The summed E-state index contributed by atoms with van der Waals surface area (Å²) in [7, 11) is 0. The zero-order valence-electron chi connectivity index (χ0n) is 47.1. The van der Waals surface area contributed by atoms with E-state index in [1.54, 1.807) is 58.1 Å². The monoisotopic (exact) mass is 1120 g/mol. The van der Waals surface area contributed by atoms with Crippen LogP contribution in [-0.4, -0.2) is 119 Å². The first-order chi connectivity index (χ1) is 37.4. The lowest BCUT2D eigenvalue weighted by Gasteiger charge is -2.26. The SMILES string of the molecule is CCOC(=O)c1cc(-c2sc(CC)c(C)c2C)cc(CN2CCN(Cc3cc(-c4sc(OC(=O)CC)c(C)c4C)cc(C(=O)OCC)n3)CCN(Cc3cc(-c4sc(OC(=O)CC)c(C)c4C)cc(C(=O)OCC)n3)CC2)n1. The fraction of sp³-hybridized carbons (Fsp3) is 0.458. The number of carbonyl (C=O) groups excluding carboxylic acids is 5. The molecule has 0 spiro atoms. The molecule has 0 aliphatic carbocycles. The topological polar surface area (TPSA) is 180 Å².